The predicted octanol–water partition coefficient (Wildman–Crippen LogP) is 5.81. The Kier molecular flexibility index (Phi) is 17.2. The fourth-order valence-corrected chi connectivity index (χ4v) is 3.29. The minimum absolute atomic E-state index is 0.287. The molecule has 134 valence electrons. The van der Waals surface area contributed by atoms with E-state index in [2.05, 4.69) is 13.8 Å². The molecule has 0 spiro atoms. The van der Waals surface area contributed by atoms with Crippen LogP contribution in [0.4, 0.5) is 0 Å². The molecule has 2 unspecified atom stereocenters. The smallest absolute Gasteiger partial charge is 0.0665 e. The number of rotatable bonds is 17. The van der Waals surface area contributed by atoms with Crippen LogP contribution in [-0.4, -0.2) is 17.8 Å². The van der Waals surface area contributed by atoms with Gasteiger partial charge in [-0.25, -0.2) is 0 Å². The molecule has 0 amide bonds. The number of nitrogens with two attached hydrogens (primary N) is 1. The van der Waals surface area contributed by atoms with Gasteiger partial charge >= 0.3 is 0 Å². The van der Waals surface area contributed by atoms with E-state index in [0.717, 1.165) is 6.42 Å². The zero-order valence-electron chi connectivity index (χ0n) is 15.5. The molecule has 2 nitrogen and oxygen atoms in total. The second-order valence-corrected chi connectivity index (χ2v) is 7.10. The van der Waals surface area contributed by atoms with Gasteiger partial charge in [0.25, 0.3) is 0 Å². The van der Waals surface area contributed by atoms with Crippen LogP contribution in [0, 0.1) is 5.92 Å². The summed E-state index contributed by atoms with van der Waals surface area (Å²) in [5.74, 6) is 0.691. The highest BCUT2D eigenvalue weighted by atomic mass is 16.3. The Morgan fingerprint density at radius 2 is 1.09 bits per heavy atom. The maximum atomic E-state index is 9.84. The highest BCUT2D eigenvalue weighted by Crippen LogP contribution is 2.23. The van der Waals surface area contributed by atoms with Crippen molar-refractivity contribution in [1.82, 2.24) is 0 Å². The van der Waals surface area contributed by atoms with Crippen molar-refractivity contribution in [2.75, 3.05) is 6.54 Å². The van der Waals surface area contributed by atoms with Crippen LogP contribution in [0.2, 0.25) is 0 Å². The first kappa shape index (κ1) is 21.9. The van der Waals surface area contributed by atoms with Crippen molar-refractivity contribution in [2.45, 2.75) is 116 Å². The summed E-state index contributed by atoms with van der Waals surface area (Å²) in [4.78, 5) is 0. The van der Waals surface area contributed by atoms with Gasteiger partial charge in [0.2, 0.25) is 0 Å². The van der Waals surface area contributed by atoms with Crippen LogP contribution in [0.25, 0.3) is 0 Å². The molecule has 0 aromatic rings. The van der Waals surface area contributed by atoms with Gasteiger partial charge in [-0.3, -0.25) is 0 Å². The molecule has 0 fully saturated rings. The molecule has 0 heterocycles. The predicted molar refractivity (Wildman–Crippen MR) is 99.2 cm³/mol. The van der Waals surface area contributed by atoms with Gasteiger partial charge in [-0.1, -0.05) is 104 Å². The Labute approximate surface area is 140 Å². The lowest BCUT2D eigenvalue weighted by molar-refractivity contribution is 0.142. The first-order chi connectivity index (χ1) is 10.7. The van der Waals surface area contributed by atoms with Gasteiger partial charge in [0.1, 0.15) is 0 Å². The van der Waals surface area contributed by atoms with Crippen molar-refractivity contribution < 1.29 is 5.11 Å². The lowest BCUT2D eigenvalue weighted by Gasteiger charge is -2.19. The summed E-state index contributed by atoms with van der Waals surface area (Å²) in [6, 6.07) is 0. The molecule has 22 heavy (non-hydrogen) atoms. The molecule has 2 atom stereocenters. The van der Waals surface area contributed by atoms with Crippen LogP contribution in [-0.2, 0) is 0 Å². The highest BCUT2D eigenvalue weighted by Gasteiger charge is 2.13. The molecule has 0 saturated carbocycles. The van der Waals surface area contributed by atoms with Crippen molar-refractivity contribution in [3.8, 4) is 0 Å². The fraction of sp³-hybridized carbons (Fsp3) is 1.00. The van der Waals surface area contributed by atoms with Crippen molar-refractivity contribution in [2.24, 2.45) is 11.7 Å². The summed E-state index contributed by atoms with van der Waals surface area (Å²) in [5, 5.41) is 9.84. The quantitative estimate of drug-likeness (QED) is 0.333. The third kappa shape index (κ3) is 14.8. The van der Waals surface area contributed by atoms with E-state index in [1.807, 2.05) is 0 Å². The molecule has 0 aromatic heterocycles. The normalized spacial score (nSPS) is 14.2. The van der Waals surface area contributed by atoms with Crippen molar-refractivity contribution in [1.29, 1.82) is 0 Å². The topological polar surface area (TPSA) is 46.2 Å². The second kappa shape index (κ2) is 17.3. The Bertz CT molecular complexity index is 208. The molecule has 0 aliphatic heterocycles. The Morgan fingerprint density at radius 1 is 0.682 bits per heavy atom. The number of hydrogen-bond donors (Lipinski definition) is 2. The van der Waals surface area contributed by atoms with Gasteiger partial charge in [-0.05, 0) is 12.3 Å². The summed E-state index contributed by atoms with van der Waals surface area (Å²) in [5.41, 5.74) is 5.59. The summed E-state index contributed by atoms with van der Waals surface area (Å²) >= 11 is 0. The Balaban J connectivity index is 3.73. The minimum atomic E-state index is -0.287. The Hall–Kier alpha value is -0.0800. The van der Waals surface area contributed by atoms with Crippen molar-refractivity contribution in [3.05, 3.63) is 0 Å². The highest BCUT2D eigenvalue weighted by molar-refractivity contribution is 4.67. The number of unbranched alkanes of at least 4 members (excludes halogenated alkanes) is 10. The summed E-state index contributed by atoms with van der Waals surface area (Å²) in [6.45, 7) is 4.96. The van der Waals surface area contributed by atoms with E-state index in [0.29, 0.717) is 12.5 Å². The Morgan fingerprint density at radius 3 is 1.50 bits per heavy atom. The van der Waals surface area contributed by atoms with E-state index < -0.39 is 0 Å². The lowest BCUT2D eigenvalue weighted by atomic mass is 9.89. The summed E-state index contributed by atoms with van der Waals surface area (Å²) in [7, 11) is 0. The van der Waals surface area contributed by atoms with E-state index >= 15 is 0 Å². The van der Waals surface area contributed by atoms with Crippen molar-refractivity contribution >= 4 is 0 Å². The molecule has 3 N–H and O–H groups in total. The van der Waals surface area contributed by atoms with E-state index in [-0.39, 0.29) is 6.10 Å². The summed E-state index contributed by atoms with van der Waals surface area (Å²) < 4.78 is 0. The molecule has 0 bridgehead atoms. The van der Waals surface area contributed by atoms with Gasteiger partial charge in [0.05, 0.1) is 6.10 Å². The zero-order valence-corrected chi connectivity index (χ0v) is 15.5. The van der Waals surface area contributed by atoms with Gasteiger partial charge < -0.3 is 10.8 Å². The molecule has 0 radical (unpaired) electrons. The first-order valence-corrected chi connectivity index (χ1v) is 10.1. The standard InChI is InChI=1S/C20H43NO/c1-3-5-7-9-10-12-14-16-19(17-20(22)18-21)15-13-11-8-6-4-2/h19-20,22H,3-18,21H2,1-2H3. The van der Waals surface area contributed by atoms with Crippen molar-refractivity contribution in [3.63, 3.8) is 0 Å². The molecule has 0 aliphatic carbocycles. The van der Waals surface area contributed by atoms with Crippen LogP contribution in [0.1, 0.15) is 110 Å². The lowest BCUT2D eigenvalue weighted by Crippen LogP contribution is -2.23. The molecular formula is C20H43NO. The number of hydrogen-bond acceptors (Lipinski definition) is 2. The van der Waals surface area contributed by atoms with E-state index in [1.54, 1.807) is 0 Å². The molecular weight excluding hydrogens is 270 g/mol. The van der Waals surface area contributed by atoms with Gasteiger partial charge in [-0.15, -0.1) is 0 Å². The summed E-state index contributed by atoms with van der Waals surface area (Å²) in [6.07, 6.45) is 19.6. The number of aliphatic hydroxyl groups is 1. The van der Waals surface area contributed by atoms with Crippen LogP contribution < -0.4 is 5.73 Å². The van der Waals surface area contributed by atoms with E-state index in [4.69, 9.17) is 5.73 Å². The largest absolute Gasteiger partial charge is 0.392 e. The minimum Gasteiger partial charge on any atom is -0.392 e. The fourth-order valence-electron chi connectivity index (χ4n) is 3.29. The van der Waals surface area contributed by atoms with Gasteiger partial charge in [-0.2, -0.15) is 0 Å². The maximum Gasteiger partial charge on any atom is 0.0665 e. The van der Waals surface area contributed by atoms with Gasteiger partial charge in [0, 0.05) is 6.54 Å². The average Bonchev–Trinajstić information content (AvgIpc) is 2.53. The monoisotopic (exact) mass is 313 g/mol. The maximum absolute atomic E-state index is 9.84. The molecule has 0 aromatic carbocycles. The van der Waals surface area contributed by atoms with Gasteiger partial charge in [0.15, 0.2) is 0 Å². The molecule has 0 aliphatic rings. The van der Waals surface area contributed by atoms with Crippen LogP contribution in [0.3, 0.4) is 0 Å². The number of aliphatic hydroxyl groups excluding tert-OH is 1. The zero-order chi connectivity index (χ0) is 16.5. The molecule has 2 heteroatoms. The SMILES string of the molecule is CCCCCCCCCC(CCCCCCC)CC(O)CN. The van der Waals surface area contributed by atoms with E-state index in [9.17, 15) is 5.11 Å². The third-order valence-electron chi connectivity index (χ3n) is 4.81. The van der Waals surface area contributed by atoms with Crippen LogP contribution in [0.15, 0.2) is 0 Å². The van der Waals surface area contributed by atoms with Crippen LogP contribution >= 0.6 is 0 Å². The molecule has 0 saturated heterocycles. The van der Waals surface area contributed by atoms with E-state index in [1.165, 1.54) is 89.9 Å². The molecule has 0 rings (SSSR count). The second-order valence-electron chi connectivity index (χ2n) is 7.10. The third-order valence-corrected chi connectivity index (χ3v) is 4.81. The van der Waals surface area contributed by atoms with Crippen LogP contribution in [0.5, 0.6) is 0 Å². The first-order valence-electron chi connectivity index (χ1n) is 10.1. The average molecular weight is 314 g/mol.